The molecule has 1 aliphatic rings. The molecule has 0 heterocycles. The van der Waals surface area contributed by atoms with Crippen LogP contribution in [0.25, 0.3) is 10.8 Å². The summed E-state index contributed by atoms with van der Waals surface area (Å²) in [5.74, 6) is -1.24. The van der Waals surface area contributed by atoms with Crippen LogP contribution in [0.15, 0.2) is 66.7 Å². The summed E-state index contributed by atoms with van der Waals surface area (Å²) in [6.07, 6.45) is 4.39. The van der Waals surface area contributed by atoms with Gasteiger partial charge in [0.15, 0.2) is 0 Å². The van der Waals surface area contributed by atoms with Crippen molar-refractivity contribution in [2.45, 2.75) is 44.9 Å². The molecule has 160 valence electrons. The van der Waals surface area contributed by atoms with E-state index >= 15 is 0 Å². The fourth-order valence-electron chi connectivity index (χ4n) is 4.89. The molecule has 4 rings (SSSR count). The van der Waals surface area contributed by atoms with Gasteiger partial charge in [-0.15, -0.1) is 0 Å². The molecule has 2 N–H and O–H groups in total. The number of hydrogen-bond donors (Lipinski definition) is 2. The van der Waals surface area contributed by atoms with E-state index in [4.69, 9.17) is 0 Å². The molecule has 1 amide bonds. The first-order chi connectivity index (χ1) is 15.0. The maximum Gasteiger partial charge on any atom is 0.306 e. The molecular weight excluding hydrogens is 386 g/mol. The van der Waals surface area contributed by atoms with Gasteiger partial charge in [0.05, 0.1) is 11.8 Å². The van der Waals surface area contributed by atoms with Gasteiger partial charge >= 0.3 is 5.97 Å². The van der Waals surface area contributed by atoms with Crippen LogP contribution in [0.4, 0.5) is 5.69 Å². The Kier molecular flexibility index (Phi) is 6.36. The van der Waals surface area contributed by atoms with Crippen molar-refractivity contribution in [3.8, 4) is 0 Å². The lowest BCUT2D eigenvalue weighted by atomic mass is 9.76. The van der Waals surface area contributed by atoms with Gasteiger partial charge in [-0.3, -0.25) is 9.59 Å². The Balaban J connectivity index is 1.54. The number of nitrogens with one attached hydrogen (secondary N) is 1. The summed E-state index contributed by atoms with van der Waals surface area (Å²) < 4.78 is 0. The molecule has 0 radical (unpaired) electrons. The van der Waals surface area contributed by atoms with Crippen molar-refractivity contribution < 1.29 is 14.7 Å². The quantitative estimate of drug-likeness (QED) is 0.518. The maximum absolute atomic E-state index is 13.2. The SMILES string of the molecule is CC(C(=O)Nc1ccccc1C[C@@H]1CCCC[C@H]1C(=O)O)c1cccc2ccccc12. The lowest BCUT2D eigenvalue weighted by Crippen LogP contribution is -2.29. The molecule has 31 heavy (non-hydrogen) atoms. The summed E-state index contributed by atoms with van der Waals surface area (Å²) in [7, 11) is 0. The summed E-state index contributed by atoms with van der Waals surface area (Å²) in [6.45, 7) is 1.93. The molecule has 3 atom stereocenters. The van der Waals surface area contributed by atoms with E-state index in [0.29, 0.717) is 6.42 Å². The predicted molar refractivity (Wildman–Crippen MR) is 124 cm³/mol. The highest BCUT2D eigenvalue weighted by Gasteiger charge is 2.31. The molecule has 3 aromatic carbocycles. The van der Waals surface area contributed by atoms with Crippen molar-refractivity contribution >= 4 is 28.3 Å². The number of carbonyl (C=O) groups excluding carboxylic acids is 1. The summed E-state index contributed by atoms with van der Waals surface area (Å²) in [6, 6.07) is 22.0. The average molecular weight is 416 g/mol. The minimum atomic E-state index is -0.698. The van der Waals surface area contributed by atoms with Crippen LogP contribution in [-0.4, -0.2) is 17.0 Å². The Morgan fingerprint density at radius 3 is 2.52 bits per heavy atom. The van der Waals surface area contributed by atoms with Gasteiger partial charge in [0.1, 0.15) is 0 Å². The van der Waals surface area contributed by atoms with E-state index < -0.39 is 5.97 Å². The number of fused-ring (bicyclic) bond motifs is 1. The molecule has 0 bridgehead atoms. The fourth-order valence-corrected chi connectivity index (χ4v) is 4.89. The van der Waals surface area contributed by atoms with Gasteiger partial charge in [-0.25, -0.2) is 0 Å². The molecule has 1 fully saturated rings. The van der Waals surface area contributed by atoms with Crippen LogP contribution in [-0.2, 0) is 16.0 Å². The number of amides is 1. The van der Waals surface area contributed by atoms with Gasteiger partial charge in [0, 0.05) is 5.69 Å². The highest BCUT2D eigenvalue weighted by molar-refractivity contribution is 5.99. The number of carbonyl (C=O) groups is 2. The van der Waals surface area contributed by atoms with Crippen molar-refractivity contribution in [2.24, 2.45) is 11.8 Å². The minimum Gasteiger partial charge on any atom is -0.481 e. The molecule has 4 nitrogen and oxygen atoms in total. The zero-order chi connectivity index (χ0) is 21.8. The van der Waals surface area contributed by atoms with E-state index in [-0.39, 0.29) is 23.7 Å². The number of carboxylic acid groups (broad SMARTS) is 1. The molecule has 0 spiro atoms. The third kappa shape index (κ3) is 4.63. The maximum atomic E-state index is 13.2. The average Bonchev–Trinajstić information content (AvgIpc) is 2.79. The largest absolute Gasteiger partial charge is 0.481 e. The van der Waals surface area contributed by atoms with Crippen molar-refractivity contribution in [3.63, 3.8) is 0 Å². The van der Waals surface area contributed by atoms with Crippen LogP contribution in [0, 0.1) is 11.8 Å². The van der Waals surface area contributed by atoms with Crippen LogP contribution >= 0.6 is 0 Å². The van der Waals surface area contributed by atoms with E-state index in [2.05, 4.69) is 23.5 Å². The molecular formula is C27H29NO3. The smallest absolute Gasteiger partial charge is 0.306 e. The standard InChI is InChI=1S/C27H29NO3/c1-18(22-15-8-12-19-9-2-5-13-23(19)22)26(29)28-25-16-7-4-11-21(25)17-20-10-3-6-14-24(20)27(30)31/h2,4-5,7-9,11-13,15-16,18,20,24H,3,6,10,14,17H2,1H3,(H,28,29)(H,30,31)/t18?,20-,24+/m0/s1. The molecule has 4 heteroatoms. The van der Waals surface area contributed by atoms with Crippen molar-refractivity contribution in [1.82, 2.24) is 0 Å². The normalized spacial score (nSPS) is 19.6. The Bertz CT molecular complexity index is 1090. The van der Waals surface area contributed by atoms with Gasteiger partial charge in [-0.1, -0.05) is 73.5 Å². The first-order valence-corrected chi connectivity index (χ1v) is 11.1. The second-order valence-electron chi connectivity index (χ2n) is 8.63. The summed E-state index contributed by atoms with van der Waals surface area (Å²) in [5, 5.41) is 15.0. The van der Waals surface area contributed by atoms with Crippen molar-refractivity contribution in [1.29, 1.82) is 0 Å². The monoisotopic (exact) mass is 415 g/mol. The van der Waals surface area contributed by atoms with Gasteiger partial charge in [-0.05, 0) is 60.1 Å². The van der Waals surface area contributed by atoms with E-state index in [1.807, 2.05) is 55.5 Å². The highest BCUT2D eigenvalue weighted by Crippen LogP contribution is 2.35. The van der Waals surface area contributed by atoms with Crippen LogP contribution in [0.1, 0.15) is 49.7 Å². The third-order valence-electron chi connectivity index (χ3n) is 6.67. The second-order valence-corrected chi connectivity index (χ2v) is 8.63. The van der Waals surface area contributed by atoms with E-state index in [1.54, 1.807) is 0 Å². The summed E-state index contributed by atoms with van der Waals surface area (Å²) in [4.78, 5) is 24.9. The number of rotatable bonds is 6. The Morgan fingerprint density at radius 1 is 0.968 bits per heavy atom. The summed E-state index contributed by atoms with van der Waals surface area (Å²) in [5.41, 5.74) is 2.81. The van der Waals surface area contributed by atoms with Gasteiger partial charge in [0.25, 0.3) is 0 Å². The zero-order valence-electron chi connectivity index (χ0n) is 17.9. The highest BCUT2D eigenvalue weighted by atomic mass is 16.4. The first kappa shape index (κ1) is 21.1. The second kappa shape index (κ2) is 9.34. The lowest BCUT2D eigenvalue weighted by molar-refractivity contribution is -0.144. The van der Waals surface area contributed by atoms with Gasteiger partial charge in [-0.2, -0.15) is 0 Å². The van der Waals surface area contributed by atoms with Crippen LogP contribution in [0.3, 0.4) is 0 Å². The predicted octanol–water partition coefficient (Wildman–Crippen LogP) is 6.02. The Labute approximate surface area is 183 Å². The molecule has 0 aliphatic heterocycles. The summed E-state index contributed by atoms with van der Waals surface area (Å²) >= 11 is 0. The number of para-hydroxylation sites is 1. The van der Waals surface area contributed by atoms with E-state index in [0.717, 1.165) is 53.3 Å². The number of benzene rings is 3. The molecule has 0 aromatic heterocycles. The Hall–Kier alpha value is -3.14. The third-order valence-corrected chi connectivity index (χ3v) is 6.67. The van der Waals surface area contributed by atoms with Crippen molar-refractivity contribution in [3.05, 3.63) is 77.9 Å². The molecule has 3 aromatic rings. The lowest BCUT2D eigenvalue weighted by Gasteiger charge is -2.29. The van der Waals surface area contributed by atoms with Gasteiger partial charge in [0.2, 0.25) is 5.91 Å². The fraction of sp³-hybridized carbons (Fsp3) is 0.333. The number of hydrogen-bond acceptors (Lipinski definition) is 2. The zero-order valence-corrected chi connectivity index (χ0v) is 17.9. The van der Waals surface area contributed by atoms with Crippen LogP contribution in [0.2, 0.25) is 0 Å². The van der Waals surface area contributed by atoms with E-state index in [1.165, 1.54) is 0 Å². The minimum absolute atomic E-state index is 0.0535. The first-order valence-electron chi connectivity index (χ1n) is 11.1. The topological polar surface area (TPSA) is 66.4 Å². The number of aliphatic carboxylic acids is 1. The molecule has 1 unspecified atom stereocenters. The van der Waals surface area contributed by atoms with E-state index in [9.17, 15) is 14.7 Å². The number of anilines is 1. The van der Waals surface area contributed by atoms with Gasteiger partial charge < -0.3 is 10.4 Å². The van der Waals surface area contributed by atoms with Crippen molar-refractivity contribution in [2.75, 3.05) is 5.32 Å². The molecule has 1 aliphatic carbocycles. The Morgan fingerprint density at radius 2 is 1.68 bits per heavy atom. The number of carboxylic acids is 1. The van der Waals surface area contributed by atoms with Crippen LogP contribution < -0.4 is 5.32 Å². The molecule has 1 saturated carbocycles. The molecule has 0 saturated heterocycles. The van der Waals surface area contributed by atoms with Crippen LogP contribution in [0.5, 0.6) is 0 Å².